The van der Waals surface area contributed by atoms with Gasteiger partial charge in [0.1, 0.15) is 11.2 Å². The number of benzene rings is 12. The normalized spacial score (nSPS) is 12.1. The van der Waals surface area contributed by atoms with E-state index in [1.165, 1.54) is 26.9 Å². The first-order chi connectivity index (χ1) is 36.1. The van der Waals surface area contributed by atoms with Crippen molar-refractivity contribution in [2.45, 2.75) is 0 Å². The highest BCUT2D eigenvalue weighted by atomic mass is 16.3. The van der Waals surface area contributed by atoms with Crippen LogP contribution in [0.25, 0.3) is 154 Å². The van der Waals surface area contributed by atoms with E-state index in [1.807, 2.05) is 0 Å². The SMILES string of the molecule is c1ccc(-n2c3ccccc3c3ccc(-c4nc(-c5ccc6ccccc6c5)nc(-c5cc6oc7ccc8ccccc8c7c6cc5-n5c6cc7ccccc7cc6c6cc7ccccc7cc65)n4)cc32)cc1. The van der Waals surface area contributed by atoms with E-state index in [0.29, 0.717) is 17.5 Å². The van der Waals surface area contributed by atoms with Crippen LogP contribution in [-0.4, -0.2) is 24.1 Å². The van der Waals surface area contributed by atoms with Gasteiger partial charge in [0.25, 0.3) is 0 Å². The first-order valence-electron chi connectivity index (χ1n) is 24.7. The van der Waals surface area contributed by atoms with Crippen molar-refractivity contribution >= 4 is 109 Å². The van der Waals surface area contributed by atoms with Crippen molar-refractivity contribution in [3.8, 4) is 45.5 Å². The zero-order valence-electron chi connectivity index (χ0n) is 39.2. The van der Waals surface area contributed by atoms with Gasteiger partial charge in [-0.3, -0.25) is 0 Å². The molecular weight excluding hydrogens is 891 g/mol. The summed E-state index contributed by atoms with van der Waals surface area (Å²) in [5, 5.41) is 16.0. The Balaban J connectivity index is 1.04. The number of para-hydroxylation sites is 2. The van der Waals surface area contributed by atoms with Gasteiger partial charge in [0.2, 0.25) is 0 Å². The summed E-state index contributed by atoms with van der Waals surface area (Å²) in [5.41, 5.74) is 10.6. The van der Waals surface area contributed by atoms with E-state index >= 15 is 0 Å². The summed E-state index contributed by atoms with van der Waals surface area (Å²) in [6.07, 6.45) is 0. The van der Waals surface area contributed by atoms with Crippen LogP contribution in [0.15, 0.2) is 241 Å². The molecule has 6 heteroatoms. The highest BCUT2D eigenvalue weighted by Gasteiger charge is 2.24. The van der Waals surface area contributed by atoms with E-state index in [4.69, 9.17) is 19.4 Å². The van der Waals surface area contributed by atoms with Gasteiger partial charge in [0.05, 0.1) is 27.8 Å². The second-order valence-corrected chi connectivity index (χ2v) is 19.2. The van der Waals surface area contributed by atoms with Crippen LogP contribution in [0.2, 0.25) is 0 Å². The Hall–Kier alpha value is -9.91. The van der Waals surface area contributed by atoms with Gasteiger partial charge in [-0.1, -0.05) is 164 Å². The first kappa shape index (κ1) is 39.9. The lowest BCUT2D eigenvalue weighted by atomic mass is 10.0. The summed E-state index contributed by atoms with van der Waals surface area (Å²) < 4.78 is 11.7. The van der Waals surface area contributed by atoms with Gasteiger partial charge in [0, 0.05) is 54.7 Å². The minimum Gasteiger partial charge on any atom is -0.456 e. The van der Waals surface area contributed by atoms with Crippen molar-refractivity contribution in [2.75, 3.05) is 0 Å². The van der Waals surface area contributed by atoms with Crippen LogP contribution in [0.1, 0.15) is 0 Å². The molecule has 0 saturated heterocycles. The Bertz CT molecular complexity index is 4890. The molecule has 16 rings (SSSR count). The first-order valence-corrected chi connectivity index (χ1v) is 24.7. The van der Waals surface area contributed by atoms with Crippen molar-refractivity contribution in [1.29, 1.82) is 0 Å². The molecule has 6 nitrogen and oxygen atoms in total. The topological polar surface area (TPSA) is 61.7 Å². The van der Waals surface area contributed by atoms with Gasteiger partial charge in [-0.15, -0.1) is 0 Å². The number of hydrogen-bond donors (Lipinski definition) is 0. The number of nitrogens with zero attached hydrogens (tertiary/aromatic N) is 5. The van der Waals surface area contributed by atoms with Gasteiger partial charge in [-0.25, -0.2) is 15.0 Å². The van der Waals surface area contributed by atoms with E-state index in [0.717, 1.165) is 110 Å². The molecule has 4 heterocycles. The van der Waals surface area contributed by atoms with Crippen LogP contribution in [0.4, 0.5) is 0 Å². The molecule has 338 valence electrons. The zero-order valence-corrected chi connectivity index (χ0v) is 39.2. The summed E-state index contributed by atoms with van der Waals surface area (Å²) in [6.45, 7) is 0. The zero-order chi connectivity index (χ0) is 47.7. The summed E-state index contributed by atoms with van der Waals surface area (Å²) in [4.78, 5) is 16.5. The molecule has 0 aliphatic heterocycles. The van der Waals surface area contributed by atoms with E-state index in [9.17, 15) is 0 Å². The predicted molar refractivity (Wildman–Crippen MR) is 302 cm³/mol. The fourth-order valence-corrected chi connectivity index (χ4v) is 11.6. The molecule has 4 aromatic heterocycles. The maximum Gasteiger partial charge on any atom is 0.166 e. The molecule has 73 heavy (non-hydrogen) atoms. The Kier molecular flexibility index (Phi) is 8.36. The molecule has 16 aromatic rings. The van der Waals surface area contributed by atoms with Crippen molar-refractivity contribution in [3.63, 3.8) is 0 Å². The van der Waals surface area contributed by atoms with Crippen LogP contribution in [-0.2, 0) is 0 Å². The molecule has 0 aliphatic carbocycles. The Morgan fingerprint density at radius 2 is 0.808 bits per heavy atom. The largest absolute Gasteiger partial charge is 0.456 e. The van der Waals surface area contributed by atoms with Crippen LogP contribution in [0, 0.1) is 0 Å². The summed E-state index contributed by atoms with van der Waals surface area (Å²) in [5.74, 6) is 1.69. The number of hydrogen-bond acceptors (Lipinski definition) is 4. The molecule has 0 atom stereocenters. The molecule has 0 unspecified atom stereocenters. The number of fused-ring (bicyclic) bond motifs is 14. The molecule has 0 bridgehead atoms. The fourth-order valence-electron chi connectivity index (χ4n) is 11.6. The fraction of sp³-hybridized carbons (Fsp3) is 0. The summed E-state index contributed by atoms with van der Waals surface area (Å²) in [6, 6.07) is 84.7. The van der Waals surface area contributed by atoms with E-state index in [1.54, 1.807) is 0 Å². The second-order valence-electron chi connectivity index (χ2n) is 19.2. The molecule has 0 spiro atoms. The molecule has 0 fully saturated rings. The van der Waals surface area contributed by atoms with Crippen LogP contribution in [0.3, 0.4) is 0 Å². The van der Waals surface area contributed by atoms with E-state index < -0.39 is 0 Å². The Morgan fingerprint density at radius 3 is 1.52 bits per heavy atom. The van der Waals surface area contributed by atoms with Crippen molar-refractivity contribution in [1.82, 2.24) is 24.1 Å². The van der Waals surface area contributed by atoms with Crippen LogP contribution < -0.4 is 0 Å². The average Bonchev–Trinajstić information content (AvgIpc) is 4.10. The van der Waals surface area contributed by atoms with E-state index in [2.05, 4.69) is 246 Å². The van der Waals surface area contributed by atoms with Crippen LogP contribution >= 0.6 is 0 Å². The Morgan fingerprint density at radius 1 is 0.288 bits per heavy atom. The Labute approximate surface area is 417 Å². The molecule has 0 N–H and O–H groups in total. The standard InChI is InChI=1S/C67H39N5O/c1-2-21-49(22-3-1)71-57-25-13-12-24-51(57)52-30-28-48(37-58(52)71)66-68-65(47-27-26-40-14-4-5-16-42(40)32-47)69-67(70-66)55-39-63-56(64-50-23-11-10-15-41(50)29-31-62(64)73-63)38-61(55)72-59-35-45-19-8-6-17-43(45)33-53(59)54-34-44-18-7-9-20-46(44)36-60(54)72/h1-39H. The second kappa shape index (κ2) is 15.3. The number of aromatic nitrogens is 5. The third-order valence-corrected chi connectivity index (χ3v) is 15.0. The van der Waals surface area contributed by atoms with Gasteiger partial charge in [0.15, 0.2) is 17.5 Å². The molecule has 12 aromatic carbocycles. The smallest absolute Gasteiger partial charge is 0.166 e. The highest BCUT2D eigenvalue weighted by Crippen LogP contribution is 2.44. The number of rotatable bonds is 5. The van der Waals surface area contributed by atoms with Crippen molar-refractivity contribution < 1.29 is 4.42 Å². The van der Waals surface area contributed by atoms with Gasteiger partial charge >= 0.3 is 0 Å². The minimum absolute atomic E-state index is 0.538. The lowest BCUT2D eigenvalue weighted by molar-refractivity contribution is 0.669. The molecule has 0 aliphatic rings. The quantitative estimate of drug-likeness (QED) is 0.173. The monoisotopic (exact) mass is 929 g/mol. The van der Waals surface area contributed by atoms with E-state index in [-0.39, 0.29) is 0 Å². The van der Waals surface area contributed by atoms with Gasteiger partial charge < -0.3 is 13.6 Å². The third kappa shape index (κ3) is 6.08. The minimum atomic E-state index is 0.538. The lowest BCUT2D eigenvalue weighted by Crippen LogP contribution is -2.04. The summed E-state index contributed by atoms with van der Waals surface area (Å²) >= 11 is 0. The van der Waals surface area contributed by atoms with Crippen molar-refractivity contribution in [2.24, 2.45) is 0 Å². The maximum atomic E-state index is 6.91. The maximum absolute atomic E-state index is 6.91. The summed E-state index contributed by atoms with van der Waals surface area (Å²) in [7, 11) is 0. The van der Waals surface area contributed by atoms with Crippen molar-refractivity contribution in [3.05, 3.63) is 237 Å². The molecule has 0 saturated carbocycles. The van der Waals surface area contributed by atoms with Gasteiger partial charge in [-0.05, 0) is 116 Å². The third-order valence-electron chi connectivity index (χ3n) is 15.0. The molecule has 0 amide bonds. The lowest BCUT2D eigenvalue weighted by Gasteiger charge is -2.16. The number of furan rings is 1. The highest BCUT2D eigenvalue weighted by molar-refractivity contribution is 6.21. The average molecular weight is 930 g/mol. The molecule has 0 radical (unpaired) electrons. The predicted octanol–water partition coefficient (Wildman–Crippen LogP) is 17.6. The van der Waals surface area contributed by atoms with Crippen LogP contribution in [0.5, 0.6) is 0 Å². The van der Waals surface area contributed by atoms with Gasteiger partial charge in [-0.2, -0.15) is 0 Å². The molecular formula is C67H39N5O.